The van der Waals surface area contributed by atoms with Crippen molar-refractivity contribution >= 4 is 16.9 Å². The van der Waals surface area contributed by atoms with Crippen LogP contribution >= 0.6 is 0 Å². The zero-order valence-electron chi connectivity index (χ0n) is 18.3. The van der Waals surface area contributed by atoms with Crippen LogP contribution in [-0.4, -0.2) is 31.6 Å². The maximum absolute atomic E-state index is 13.4. The van der Waals surface area contributed by atoms with Gasteiger partial charge in [0, 0.05) is 12.0 Å². The first kappa shape index (κ1) is 21.5. The Balaban J connectivity index is 2.38. The number of nitrogens with zero attached hydrogens (tertiary/aromatic N) is 4. The van der Waals surface area contributed by atoms with E-state index >= 15 is 0 Å². The highest BCUT2D eigenvalue weighted by Crippen LogP contribution is 2.24. The van der Waals surface area contributed by atoms with Gasteiger partial charge in [-0.15, -0.1) is 0 Å². The van der Waals surface area contributed by atoms with E-state index in [0.29, 0.717) is 11.4 Å². The minimum Gasteiger partial charge on any atom is -0.495 e. The summed E-state index contributed by atoms with van der Waals surface area (Å²) in [6.45, 7) is 9.61. The molecule has 0 amide bonds. The molecule has 0 unspecified atom stereocenters. The van der Waals surface area contributed by atoms with Gasteiger partial charge in [-0.1, -0.05) is 46.8 Å². The van der Waals surface area contributed by atoms with Crippen LogP contribution in [0.5, 0.6) is 5.75 Å². The maximum Gasteiger partial charge on any atom is 0.337 e. The molecular formula is C22H28N4O4. The van der Waals surface area contributed by atoms with Gasteiger partial charge in [0.1, 0.15) is 5.75 Å². The SMILES string of the molecule is COc1ccccc1-n1c(=O)n(CC(C)C)c(=O)c2c1ncn2CC(=O)C(C)(C)C. The Morgan fingerprint density at radius 2 is 1.83 bits per heavy atom. The first-order valence-corrected chi connectivity index (χ1v) is 9.93. The fourth-order valence-corrected chi connectivity index (χ4v) is 3.25. The van der Waals surface area contributed by atoms with Crippen molar-refractivity contribution in [2.45, 2.75) is 47.7 Å². The van der Waals surface area contributed by atoms with Crippen LogP contribution in [0.4, 0.5) is 0 Å². The number of imidazole rings is 1. The van der Waals surface area contributed by atoms with Crippen LogP contribution in [-0.2, 0) is 17.9 Å². The summed E-state index contributed by atoms with van der Waals surface area (Å²) >= 11 is 0. The fourth-order valence-electron chi connectivity index (χ4n) is 3.25. The van der Waals surface area contributed by atoms with Crippen molar-refractivity contribution in [2.75, 3.05) is 7.11 Å². The normalized spacial score (nSPS) is 12.0. The second-order valence-electron chi connectivity index (χ2n) is 8.82. The molecule has 3 aromatic rings. The van der Waals surface area contributed by atoms with E-state index in [2.05, 4.69) is 4.98 Å². The van der Waals surface area contributed by atoms with Gasteiger partial charge in [-0.25, -0.2) is 14.3 Å². The lowest BCUT2D eigenvalue weighted by molar-refractivity contribution is -0.126. The Morgan fingerprint density at radius 3 is 2.43 bits per heavy atom. The van der Waals surface area contributed by atoms with Gasteiger partial charge in [-0.2, -0.15) is 0 Å². The Hall–Kier alpha value is -3.16. The molecule has 0 radical (unpaired) electrons. The molecule has 160 valence electrons. The zero-order valence-corrected chi connectivity index (χ0v) is 18.3. The van der Waals surface area contributed by atoms with Crippen LogP contribution in [0, 0.1) is 11.3 Å². The summed E-state index contributed by atoms with van der Waals surface area (Å²) in [6, 6.07) is 7.07. The number of ether oxygens (including phenoxy) is 1. The number of carbonyl (C=O) groups excluding carboxylic acids is 1. The molecule has 0 atom stereocenters. The van der Waals surface area contributed by atoms with E-state index in [1.807, 2.05) is 34.6 Å². The molecule has 8 heteroatoms. The maximum atomic E-state index is 13.4. The summed E-state index contributed by atoms with van der Waals surface area (Å²) < 4.78 is 9.56. The molecule has 0 spiro atoms. The van der Waals surface area contributed by atoms with Crippen LogP contribution in [0.25, 0.3) is 16.9 Å². The first-order valence-electron chi connectivity index (χ1n) is 9.93. The largest absolute Gasteiger partial charge is 0.495 e. The molecule has 0 fully saturated rings. The number of carbonyl (C=O) groups is 1. The molecular weight excluding hydrogens is 384 g/mol. The van der Waals surface area contributed by atoms with Crippen molar-refractivity contribution in [3.8, 4) is 11.4 Å². The lowest BCUT2D eigenvalue weighted by atomic mass is 9.91. The number of fused-ring (bicyclic) bond motifs is 1. The third kappa shape index (κ3) is 3.81. The van der Waals surface area contributed by atoms with Crippen molar-refractivity contribution < 1.29 is 9.53 Å². The van der Waals surface area contributed by atoms with Crippen LogP contribution in [0.15, 0.2) is 40.2 Å². The van der Waals surface area contributed by atoms with E-state index in [-0.39, 0.29) is 36.0 Å². The van der Waals surface area contributed by atoms with E-state index in [0.717, 1.165) is 0 Å². The number of aromatic nitrogens is 4. The van der Waals surface area contributed by atoms with Gasteiger partial charge in [0.15, 0.2) is 16.9 Å². The molecule has 0 aliphatic rings. The molecule has 1 aromatic carbocycles. The minimum atomic E-state index is -0.565. The smallest absolute Gasteiger partial charge is 0.337 e. The van der Waals surface area contributed by atoms with Gasteiger partial charge in [0.05, 0.1) is 25.7 Å². The molecule has 0 aliphatic carbocycles. The Kier molecular flexibility index (Phi) is 5.70. The van der Waals surface area contributed by atoms with Gasteiger partial charge >= 0.3 is 5.69 Å². The van der Waals surface area contributed by atoms with Crippen molar-refractivity contribution in [3.05, 3.63) is 51.4 Å². The summed E-state index contributed by atoms with van der Waals surface area (Å²) in [6.07, 6.45) is 1.45. The van der Waals surface area contributed by atoms with Gasteiger partial charge < -0.3 is 9.30 Å². The monoisotopic (exact) mass is 412 g/mol. The number of ketones is 1. The number of para-hydroxylation sites is 2. The molecule has 0 N–H and O–H groups in total. The van der Waals surface area contributed by atoms with Crippen LogP contribution in [0.1, 0.15) is 34.6 Å². The molecule has 30 heavy (non-hydrogen) atoms. The summed E-state index contributed by atoms with van der Waals surface area (Å²) in [5.74, 6) is 0.522. The summed E-state index contributed by atoms with van der Waals surface area (Å²) in [5, 5.41) is 0. The number of hydrogen-bond acceptors (Lipinski definition) is 5. The highest BCUT2D eigenvalue weighted by Gasteiger charge is 2.25. The second kappa shape index (κ2) is 7.93. The fraction of sp³-hybridized carbons (Fsp3) is 0.455. The quantitative estimate of drug-likeness (QED) is 0.621. The average Bonchev–Trinajstić information content (AvgIpc) is 3.08. The van der Waals surface area contributed by atoms with Crippen molar-refractivity contribution in [1.82, 2.24) is 18.7 Å². The van der Waals surface area contributed by atoms with E-state index in [1.165, 1.54) is 27.1 Å². The predicted molar refractivity (Wildman–Crippen MR) is 115 cm³/mol. The first-order chi connectivity index (χ1) is 14.1. The third-order valence-corrected chi connectivity index (χ3v) is 4.92. The number of benzene rings is 1. The lowest BCUT2D eigenvalue weighted by Crippen LogP contribution is -2.41. The number of rotatable bonds is 6. The molecule has 0 saturated carbocycles. The summed E-state index contributed by atoms with van der Waals surface area (Å²) in [7, 11) is 1.52. The summed E-state index contributed by atoms with van der Waals surface area (Å²) in [5.41, 5.74) is -0.591. The molecule has 8 nitrogen and oxygen atoms in total. The van der Waals surface area contributed by atoms with Crippen molar-refractivity contribution in [1.29, 1.82) is 0 Å². The van der Waals surface area contributed by atoms with E-state index < -0.39 is 16.7 Å². The molecule has 0 bridgehead atoms. The van der Waals surface area contributed by atoms with E-state index in [4.69, 9.17) is 4.74 Å². The highest BCUT2D eigenvalue weighted by atomic mass is 16.5. The minimum absolute atomic E-state index is 0.00104. The van der Waals surface area contributed by atoms with Gasteiger partial charge in [-0.3, -0.25) is 14.2 Å². The second-order valence-corrected chi connectivity index (χ2v) is 8.82. The highest BCUT2D eigenvalue weighted by molar-refractivity contribution is 5.85. The van der Waals surface area contributed by atoms with Crippen LogP contribution < -0.4 is 16.0 Å². The van der Waals surface area contributed by atoms with Crippen LogP contribution in [0.3, 0.4) is 0 Å². The molecule has 0 saturated heterocycles. The topological polar surface area (TPSA) is 88.1 Å². The Bertz CT molecular complexity index is 1210. The van der Waals surface area contributed by atoms with Crippen molar-refractivity contribution in [2.24, 2.45) is 11.3 Å². The number of methoxy groups -OCH3 is 1. The molecule has 0 aliphatic heterocycles. The standard InChI is InChI=1S/C22H28N4O4/c1-14(2)11-25-20(28)18-19(23-13-24(18)12-17(27)22(3,4)5)26(21(25)29)15-9-7-8-10-16(15)30-6/h7-10,13-14H,11-12H2,1-6H3. The molecule has 2 aromatic heterocycles. The third-order valence-electron chi connectivity index (χ3n) is 4.92. The number of hydrogen-bond donors (Lipinski definition) is 0. The van der Waals surface area contributed by atoms with Gasteiger partial charge in [0.2, 0.25) is 0 Å². The Morgan fingerprint density at radius 1 is 1.17 bits per heavy atom. The summed E-state index contributed by atoms with van der Waals surface area (Å²) in [4.78, 5) is 43.6. The van der Waals surface area contributed by atoms with E-state index in [1.54, 1.807) is 24.3 Å². The predicted octanol–water partition coefficient (Wildman–Crippen LogP) is 2.63. The average molecular weight is 412 g/mol. The lowest BCUT2D eigenvalue weighted by Gasteiger charge is -2.18. The zero-order chi connectivity index (χ0) is 22.2. The van der Waals surface area contributed by atoms with E-state index in [9.17, 15) is 14.4 Å². The van der Waals surface area contributed by atoms with Gasteiger partial charge in [0.25, 0.3) is 5.56 Å². The van der Waals surface area contributed by atoms with Crippen molar-refractivity contribution in [3.63, 3.8) is 0 Å². The molecule has 3 rings (SSSR count). The van der Waals surface area contributed by atoms with Gasteiger partial charge in [-0.05, 0) is 18.1 Å². The van der Waals surface area contributed by atoms with Crippen LogP contribution in [0.2, 0.25) is 0 Å². The number of Topliss-reactive ketones (excluding diaryl/α,β-unsaturated/α-hetero) is 1. The Labute approximate surface area is 174 Å². The molecule has 2 heterocycles.